The summed E-state index contributed by atoms with van der Waals surface area (Å²) < 4.78 is 31.9. The smallest absolute Gasteiger partial charge is 0.248 e. The second-order valence-electron chi connectivity index (χ2n) is 5.80. The van der Waals surface area contributed by atoms with E-state index in [1.54, 1.807) is 29.4 Å². The molecule has 6 heteroatoms. The van der Waals surface area contributed by atoms with Gasteiger partial charge in [-0.2, -0.15) is 0 Å². The van der Waals surface area contributed by atoms with E-state index in [2.05, 4.69) is 4.98 Å². The Bertz CT molecular complexity index is 494. The minimum absolute atomic E-state index is 0.0000725. The molecule has 0 bridgehead atoms. The van der Waals surface area contributed by atoms with Crippen molar-refractivity contribution in [3.05, 3.63) is 24.5 Å². The molecular weight excluding hydrogens is 278 g/mol. The van der Waals surface area contributed by atoms with Gasteiger partial charge in [0.1, 0.15) is 11.9 Å². The number of likely N-dealkylation sites (tertiary alicyclic amines) is 1. The summed E-state index contributed by atoms with van der Waals surface area (Å²) in [5.74, 6) is -2.09. The summed E-state index contributed by atoms with van der Waals surface area (Å²) in [5, 5.41) is 0. The van der Waals surface area contributed by atoms with Crippen LogP contribution in [0.3, 0.4) is 0 Å². The Balaban J connectivity index is 1.45. The molecule has 0 aromatic carbocycles. The van der Waals surface area contributed by atoms with Crippen LogP contribution in [0.4, 0.5) is 8.78 Å². The highest BCUT2D eigenvalue weighted by Crippen LogP contribution is 2.37. The van der Waals surface area contributed by atoms with Crippen LogP contribution in [-0.4, -0.2) is 40.9 Å². The molecule has 1 aromatic rings. The van der Waals surface area contributed by atoms with Crippen LogP contribution >= 0.6 is 0 Å². The first-order valence-electron chi connectivity index (χ1n) is 7.27. The lowest BCUT2D eigenvalue weighted by Gasteiger charge is -2.41. The zero-order chi connectivity index (χ0) is 14.9. The number of pyridine rings is 1. The summed E-state index contributed by atoms with van der Waals surface area (Å²) in [6, 6.07) is 3.54. The molecule has 1 aliphatic carbocycles. The number of halogens is 2. The van der Waals surface area contributed by atoms with Gasteiger partial charge in [-0.1, -0.05) is 0 Å². The number of hydrogen-bond acceptors (Lipinski definition) is 3. The van der Waals surface area contributed by atoms with E-state index < -0.39 is 5.92 Å². The second kappa shape index (κ2) is 5.58. The van der Waals surface area contributed by atoms with E-state index in [4.69, 9.17) is 4.74 Å². The van der Waals surface area contributed by atoms with Crippen molar-refractivity contribution in [1.29, 1.82) is 0 Å². The van der Waals surface area contributed by atoms with Crippen molar-refractivity contribution < 1.29 is 18.3 Å². The quantitative estimate of drug-likeness (QED) is 0.860. The third-order valence-corrected chi connectivity index (χ3v) is 4.18. The monoisotopic (exact) mass is 296 g/mol. The molecule has 2 fully saturated rings. The van der Waals surface area contributed by atoms with Gasteiger partial charge in [0.05, 0.1) is 13.1 Å². The number of alkyl halides is 2. The molecule has 114 valence electrons. The zero-order valence-corrected chi connectivity index (χ0v) is 11.7. The molecule has 3 rings (SSSR count). The molecule has 2 aliphatic rings. The van der Waals surface area contributed by atoms with Gasteiger partial charge in [0.25, 0.3) is 0 Å². The van der Waals surface area contributed by atoms with Gasteiger partial charge in [0.15, 0.2) is 0 Å². The lowest BCUT2D eigenvalue weighted by molar-refractivity contribution is -0.148. The molecule has 0 atom stereocenters. The summed E-state index contributed by atoms with van der Waals surface area (Å²) in [7, 11) is 0. The number of carbonyl (C=O) groups is 1. The maximum atomic E-state index is 13.1. The summed E-state index contributed by atoms with van der Waals surface area (Å²) in [5.41, 5.74) is 0. The Morgan fingerprint density at radius 2 is 1.86 bits per heavy atom. The summed E-state index contributed by atoms with van der Waals surface area (Å²) in [4.78, 5) is 17.8. The van der Waals surface area contributed by atoms with Crippen molar-refractivity contribution in [2.75, 3.05) is 13.1 Å². The predicted molar refractivity (Wildman–Crippen MR) is 72.1 cm³/mol. The molecule has 0 N–H and O–H groups in total. The maximum absolute atomic E-state index is 13.1. The molecule has 0 spiro atoms. The van der Waals surface area contributed by atoms with E-state index >= 15 is 0 Å². The highest BCUT2D eigenvalue weighted by atomic mass is 19.3. The second-order valence-corrected chi connectivity index (χ2v) is 5.80. The van der Waals surface area contributed by atoms with E-state index in [0.29, 0.717) is 13.1 Å². The largest absolute Gasteiger partial charge is 0.487 e. The molecule has 0 unspecified atom stereocenters. The van der Waals surface area contributed by atoms with Crippen LogP contribution in [0, 0.1) is 5.92 Å². The van der Waals surface area contributed by atoms with Gasteiger partial charge in [-0.25, -0.2) is 8.78 Å². The van der Waals surface area contributed by atoms with Crippen LogP contribution in [0.25, 0.3) is 0 Å². The van der Waals surface area contributed by atoms with Gasteiger partial charge < -0.3 is 9.64 Å². The number of nitrogens with zero attached hydrogens (tertiary/aromatic N) is 2. The van der Waals surface area contributed by atoms with Crippen molar-refractivity contribution in [1.82, 2.24) is 9.88 Å². The fourth-order valence-corrected chi connectivity index (χ4v) is 2.85. The highest BCUT2D eigenvalue weighted by Gasteiger charge is 2.41. The molecule has 1 amide bonds. The molecular formula is C15H18F2N2O2. The minimum Gasteiger partial charge on any atom is -0.487 e. The molecule has 21 heavy (non-hydrogen) atoms. The summed E-state index contributed by atoms with van der Waals surface area (Å²) >= 11 is 0. The normalized spacial score (nSPS) is 22.7. The number of aromatic nitrogens is 1. The minimum atomic E-state index is -2.58. The summed E-state index contributed by atoms with van der Waals surface area (Å²) in [6.45, 7) is 1.07. The highest BCUT2D eigenvalue weighted by molar-refractivity contribution is 5.79. The average Bonchev–Trinajstić information content (AvgIpc) is 2.43. The van der Waals surface area contributed by atoms with Gasteiger partial charge >= 0.3 is 0 Å². The maximum Gasteiger partial charge on any atom is 0.248 e. The summed E-state index contributed by atoms with van der Waals surface area (Å²) in [6.07, 6.45) is 3.53. The molecule has 0 radical (unpaired) electrons. The first-order valence-corrected chi connectivity index (χ1v) is 7.27. The van der Waals surface area contributed by atoms with Crippen LogP contribution in [0.2, 0.25) is 0 Å². The van der Waals surface area contributed by atoms with E-state index in [1.807, 2.05) is 0 Å². The Morgan fingerprint density at radius 1 is 1.24 bits per heavy atom. The molecule has 4 nitrogen and oxygen atoms in total. The zero-order valence-electron chi connectivity index (χ0n) is 11.7. The number of hydrogen-bond donors (Lipinski definition) is 0. The lowest BCUT2D eigenvalue weighted by Crippen LogP contribution is -2.58. The van der Waals surface area contributed by atoms with Crippen molar-refractivity contribution in [3.63, 3.8) is 0 Å². The first kappa shape index (κ1) is 14.2. The third-order valence-electron chi connectivity index (χ3n) is 4.18. The van der Waals surface area contributed by atoms with E-state index in [1.165, 1.54) is 0 Å². The Kier molecular flexibility index (Phi) is 3.78. The standard InChI is InChI=1S/C15H18F2N2O2/c16-15(17)5-1-11(2-6-15)14(20)19-9-13(10-19)21-12-3-7-18-8-4-12/h3-4,7-8,11,13H,1-2,5-6,9-10H2. The Morgan fingerprint density at radius 3 is 2.48 bits per heavy atom. The number of ether oxygens (including phenoxy) is 1. The van der Waals surface area contributed by atoms with Gasteiger partial charge in [-0.15, -0.1) is 0 Å². The van der Waals surface area contributed by atoms with Gasteiger partial charge in [0, 0.05) is 31.2 Å². The number of amides is 1. The molecule has 1 saturated carbocycles. The number of rotatable bonds is 3. The number of carbonyl (C=O) groups excluding carboxylic acids is 1. The van der Waals surface area contributed by atoms with Crippen LogP contribution in [-0.2, 0) is 4.79 Å². The first-order chi connectivity index (χ1) is 10.0. The van der Waals surface area contributed by atoms with Crippen molar-refractivity contribution in [2.45, 2.75) is 37.7 Å². The molecule has 1 aliphatic heterocycles. The fraction of sp³-hybridized carbons (Fsp3) is 0.600. The third kappa shape index (κ3) is 3.31. The van der Waals surface area contributed by atoms with Gasteiger partial charge in [0.2, 0.25) is 11.8 Å². The van der Waals surface area contributed by atoms with Crippen LogP contribution in [0.1, 0.15) is 25.7 Å². The van der Waals surface area contributed by atoms with Gasteiger partial charge in [-0.05, 0) is 25.0 Å². The lowest BCUT2D eigenvalue weighted by atomic mass is 9.85. The topological polar surface area (TPSA) is 42.4 Å². The van der Waals surface area contributed by atoms with Crippen LogP contribution in [0.15, 0.2) is 24.5 Å². The fourth-order valence-electron chi connectivity index (χ4n) is 2.85. The predicted octanol–water partition coefficient (Wildman–Crippen LogP) is 2.50. The Hall–Kier alpha value is -1.72. The van der Waals surface area contributed by atoms with Crippen molar-refractivity contribution >= 4 is 5.91 Å². The van der Waals surface area contributed by atoms with Crippen molar-refractivity contribution in [2.24, 2.45) is 5.92 Å². The van der Waals surface area contributed by atoms with E-state index in [-0.39, 0.29) is 43.6 Å². The SMILES string of the molecule is O=C(C1CCC(F)(F)CC1)N1CC(Oc2ccncc2)C1. The van der Waals surface area contributed by atoms with Crippen LogP contribution < -0.4 is 4.74 Å². The van der Waals surface area contributed by atoms with Crippen LogP contribution in [0.5, 0.6) is 5.75 Å². The molecule has 1 saturated heterocycles. The molecule has 2 heterocycles. The Labute approximate surface area is 122 Å². The van der Waals surface area contributed by atoms with E-state index in [9.17, 15) is 13.6 Å². The average molecular weight is 296 g/mol. The van der Waals surface area contributed by atoms with Crippen molar-refractivity contribution in [3.8, 4) is 5.75 Å². The van der Waals surface area contributed by atoms with Gasteiger partial charge in [-0.3, -0.25) is 9.78 Å². The molecule has 1 aromatic heterocycles. The van der Waals surface area contributed by atoms with E-state index in [0.717, 1.165) is 5.75 Å².